The average Bonchev–Trinajstić information content (AvgIpc) is 2.40. The predicted octanol–water partition coefficient (Wildman–Crippen LogP) is 1.22. The molecule has 3 rings (SSSR count). The number of aliphatic hydroxyl groups is 1. The molecule has 4 heteroatoms. The lowest BCUT2D eigenvalue weighted by atomic mass is 9.73. The Labute approximate surface area is 115 Å². The summed E-state index contributed by atoms with van der Waals surface area (Å²) >= 11 is 0. The second-order valence-corrected chi connectivity index (χ2v) is 6.50. The minimum Gasteiger partial charge on any atom is -0.393 e. The largest absolute Gasteiger partial charge is 0.393 e. The highest BCUT2D eigenvalue weighted by molar-refractivity contribution is 5.85. The first kappa shape index (κ1) is 13.5. The Morgan fingerprint density at radius 2 is 2.05 bits per heavy atom. The predicted molar refractivity (Wildman–Crippen MR) is 71.9 cm³/mol. The lowest BCUT2D eigenvalue weighted by Gasteiger charge is -2.45. The standard InChI is InChI=1S/C15H25NO3/c1-16-7-3-2-4-13(16)12-9-19-14-8-10(17)5-6-11(14)15(12)18/h10-14,17H,2-9H2,1H3. The maximum atomic E-state index is 12.7. The van der Waals surface area contributed by atoms with Gasteiger partial charge in [0.05, 0.1) is 24.7 Å². The Hall–Kier alpha value is -0.450. The van der Waals surface area contributed by atoms with Crippen molar-refractivity contribution in [1.82, 2.24) is 4.90 Å². The molecule has 5 unspecified atom stereocenters. The number of ether oxygens (including phenoxy) is 1. The fraction of sp³-hybridized carbons (Fsp3) is 0.933. The molecule has 5 atom stereocenters. The van der Waals surface area contributed by atoms with Crippen molar-refractivity contribution in [3.63, 3.8) is 0 Å². The number of likely N-dealkylation sites (tertiary alicyclic amines) is 1. The highest BCUT2D eigenvalue weighted by Gasteiger charge is 2.45. The molecule has 1 aliphatic carbocycles. The van der Waals surface area contributed by atoms with Gasteiger partial charge in [0.25, 0.3) is 0 Å². The van der Waals surface area contributed by atoms with E-state index in [1.165, 1.54) is 12.8 Å². The summed E-state index contributed by atoms with van der Waals surface area (Å²) in [5.41, 5.74) is 0. The van der Waals surface area contributed by atoms with Crippen LogP contribution in [-0.2, 0) is 9.53 Å². The van der Waals surface area contributed by atoms with Gasteiger partial charge in [0, 0.05) is 18.4 Å². The van der Waals surface area contributed by atoms with E-state index in [0.717, 1.165) is 25.8 Å². The van der Waals surface area contributed by atoms with E-state index in [1.807, 2.05) is 0 Å². The number of Topliss-reactive ketones (excluding diaryl/α,β-unsaturated/α-hetero) is 1. The van der Waals surface area contributed by atoms with Crippen molar-refractivity contribution in [3.05, 3.63) is 0 Å². The van der Waals surface area contributed by atoms with E-state index in [0.29, 0.717) is 24.9 Å². The second kappa shape index (κ2) is 5.51. The zero-order valence-corrected chi connectivity index (χ0v) is 11.8. The Kier molecular flexibility index (Phi) is 3.92. The van der Waals surface area contributed by atoms with Crippen LogP contribution in [0.25, 0.3) is 0 Å². The maximum absolute atomic E-state index is 12.7. The monoisotopic (exact) mass is 267 g/mol. The van der Waals surface area contributed by atoms with Crippen molar-refractivity contribution in [1.29, 1.82) is 0 Å². The summed E-state index contributed by atoms with van der Waals surface area (Å²) in [6, 6.07) is 0.369. The van der Waals surface area contributed by atoms with Gasteiger partial charge in [-0.05, 0) is 39.3 Å². The van der Waals surface area contributed by atoms with Crippen molar-refractivity contribution in [2.75, 3.05) is 20.2 Å². The van der Waals surface area contributed by atoms with Crippen LogP contribution in [-0.4, -0.2) is 54.2 Å². The maximum Gasteiger partial charge on any atom is 0.145 e. The molecule has 0 radical (unpaired) electrons. The summed E-state index contributed by atoms with van der Waals surface area (Å²) in [6.45, 7) is 1.66. The number of piperidine rings is 1. The Balaban J connectivity index is 1.70. The number of nitrogens with zero attached hydrogens (tertiary/aromatic N) is 1. The molecule has 2 saturated heterocycles. The van der Waals surface area contributed by atoms with E-state index in [9.17, 15) is 9.90 Å². The van der Waals surface area contributed by atoms with E-state index in [2.05, 4.69) is 11.9 Å². The van der Waals surface area contributed by atoms with Crippen molar-refractivity contribution in [3.8, 4) is 0 Å². The third-order valence-corrected chi connectivity index (χ3v) is 5.28. The van der Waals surface area contributed by atoms with Crippen molar-refractivity contribution in [2.24, 2.45) is 11.8 Å². The summed E-state index contributed by atoms with van der Waals surface area (Å²) in [6.07, 6.45) is 5.49. The molecule has 3 fully saturated rings. The van der Waals surface area contributed by atoms with Gasteiger partial charge in [-0.25, -0.2) is 0 Å². The number of hydrogen-bond donors (Lipinski definition) is 1. The summed E-state index contributed by atoms with van der Waals surface area (Å²) in [4.78, 5) is 15.1. The molecule has 108 valence electrons. The minimum atomic E-state index is -0.275. The van der Waals surface area contributed by atoms with Gasteiger partial charge in [0.2, 0.25) is 0 Å². The molecule has 3 aliphatic rings. The average molecular weight is 267 g/mol. The first-order valence-electron chi connectivity index (χ1n) is 7.70. The summed E-state index contributed by atoms with van der Waals surface area (Å²) in [5.74, 6) is 0.501. The van der Waals surface area contributed by atoms with Gasteiger partial charge in [-0.15, -0.1) is 0 Å². The van der Waals surface area contributed by atoms with Crippen LogP contribution in [0.1, 0.15) is 38.5 Å². The third-order valence-electron chi connectivity index (χ3n) is 5.28. The number of hydrogen-bond acceptors (Lipinski definition) is 4. The minimum absolute atomic E-state index is 0.0265. The molecule has 19 heavy (non-hydrogen) atoms. The van der Waals surface area contributed by atoms with Crippen LogP contribution in [0.15, 0.2) is 0 Å². The quantitative estimate of drug-likeness (QED) is 0.776. The summed E-state index contributed by atoms with van der Waals surface area (Å²) < 4.78 is 5.93. The molecule has 0 spiro atoms. The fourth-order valence-corrected chi connectivity index (χ4v) is 4.11. The Morgan fingerprint density at radius 3 is 2.84 bits per heavy atom. The van der Waals surface area contributed by atoms with Crippen molar-refractivity contribution >= 4 is 5.78 Å². The zero-order valence-electron chi connectivity index (χ0n) is 11.8. The van der Waals surface area contributed by atoms with Crippen LogP contribution >= 0.6 is 0 Å². The number of carbonyl (C=O) groups excluding carboxylic acids is 1. The van der Waals surface area contributed by atoms with Crippen LogP contribution in [0, 0.1) is 11.8 Å². The third kappa shape index (κ3) is 2.58. The lowest BCUT2D eigenvalue weighted by Crippen LogP contribution is -2.54. The number of carbonyl (C=O) groups is 1. The van der Waals surface area contributed by atoms with Gasteiger partial charge in [-0.1, -0.05) is 6.42 Å². The number of rotatable bonds is 1. The van der Waals surface area contributed by atoms with Crippen LogP contribution in [0.5, 0.6) is 0 Å². The molecular weight excluding hydrogens is 242 g/mol. The van der Waals surface area contributed by atoms with Crippen molar-refractivity contribution in [2.45, 2.75) is 56.8 Å². The SMILES string of the molecule is CN1CCCCC1C1COC2CC(O)CCC2C1=O. The van der Waals surface area contributed by atoms with E-state index >= 15 is 0 Å². The van der Waals surface area contributed by atoms with Crippen LogP contribution in [0.2, 0.25) is 0 Å². The van der Waals surface area contributed by atoms with Gasteiger partial charge in [-0.3, -0.25) is 4.79 Å². The molecule has 0 bridgehead atoms. The van der Waals surface area contributed by atoms with Gasteiger partial charge < -0.3 is 14.7 Å². The van der Waals surface area contributed by atoms with Gasteiger partial charge in [0.1, 0.15) is 5.78 Å². The molecule has 2 heterocycles. The second-order valence-electron chi connectivity index (χ2n) is 6.50. The molecule has 1 N–H and O–H groups in total. The summed E-state index contributed by atoms with van der Waals surface area (Å²) in [7, 11) is 2.13. The first-order valence-corrected chi connectivity index (χ1v) is 7.70. The molecule has 1 saturated carbocycles. The molecule has 0 aromatic rings. The van der Waals surface area contributed by atoms with E-state index < -0.39 is 0 Å². The molecule has 0 amide bonds. The highest BCUT2D eigenvalue weighted by atomic mass is 16.5. The fourth-order valence-electron chi connectivity index (χ4n) is 4.11. The molecule has 4 nitrogen and oxygen atoms in total. The lowest BCUT2D eigenvalue weighted by molar-refractivity contribution is -0.158. The van der Waals surface area contributed by atoms with E-state index in [4.69, 9.17) is 4.74 Å². The van der Waals surface area contributed by atoms with Crippen molar-refractivity contribution < 1.29 is 14.6 Å². The number of ketones is 1. The molecule has 0 aromatic carbocycles. The smallest absolute Gasteiger partial charge is 0.145 e. The van der Waals surface area contributed by atoms with Crippen LogP contribution < -0.4 is 0 Å². The van der Waals surface area contributed by atoms with Gasteiger partial charge >= 0.3 is 0 Å². The normalized spacial score (nSPS) is 44.9. The molecule has 2 aliphatic heterocycles. The van der Waals surface area contributed by atoms with E-state index in [-0.39, 0.29) is 24.0 Å². The van der Waals surface area contributed by atoms with Crippen LogP contribution in [0.3, 0.4) is 0 Å². The number of aliphatic hydroxyl groups excluding tert-OH is 1. The van der Waals surface area contributed by atoms with E-state index in [1.54, 1.807) is 0 Å². The van der Waals surface area contributed by atoms with Gasteiger partial charge in [0.15, 0.2) is 0 Å². The number of fused-ring (bicyclic) bond motifs is 1. The molecule has 0 aromatic heterocycles. The zero-order chi connectivity index (χ0) is 13.4. The van der Waals surface area contributed by atoms with Crippen LogP contribution in [0.4, 0.5) is 0 Å². The first-order chi connectivity index (χ1) is 9.16. The van der Waals surface area contributed by atoms with Gasteiger partial charge in [-0.2, -0.15) is 0 Å². The Morgan fingerprint density at radius 1 is 1.21 bits per heavy atom. The topological polar surface area (TPSA) is 49.8 Å². The summed E-state index contributed by atoms with van der Waals surface area (Å²) in [5, 5.41) is 9.69. The highest BCUT2D eigenvalue weighted by Crippen LogP contribution is 2.37. The molecular formula is C15H25NO3. The Bertz CT molecular complexity index is 346.